The van der Waals surface area contributed by atoms with Gasteiger partial charge in [-0.05, 0) is 56.7 Å². The number of methoxy groups -OCH3 is 1. The van der Waals surface area contributed by atoms with Gasteiger partial charge in [0.1, 0.15) is 5.82 Å². The van der Waals surface area contributed by atoms with Crippen LogP contribution in [-0.4, -0.2) is 40.7 Å². The van der Waals surface area contributed by atoms with Gasteiger partial charge >= 0.3 is 6.03 Å². The molecule has 1 heterocycles. The van der Waals surface area contributed by atoms with Crippen LogP contribution < -0.4 is 10.9 Å². The van der Waals surface area contributed by atoms with Gasteiger partial charge in [-0.2, -0.15) is 0 Å². The summed E-state index contributed by atoms with van der Waals surface area (Å²) in [5, 5.41) is 3.48. The van der Waals surface area contributed by atoms with E-state index >= 15 is 0 Å². The van der Waals surface area contributed by atoms with Crippen LogP contribution in [0.5, 0.6) is 0 Å². The Bertz CT molecular complexity index is 1400. The van der Waals surface area contributed by atoms with E-state index in [0.717, 1.165) is 16.8 Å². The summed E-state index contributed by atoms with van der Waals surface area (Å²) in [6.07, 6.45) is 0. The summed E-state index contributed by atoms with van der Waals surface area (Å²) in [6, 6.07) is 21.7. The minimum Gasteiger partial charge on any atom is -0.383 e. The standard InChI is InChI=1S/C28H30N4O3/c1-19-14-15-25(20(2)18-19)32-26(30-24-13-9-8-12-23(24)27(32)33)21(3)31(16-17-35-4)28(34)29-22-10-6-5-7-11-22/h5-15,18,21H,16-17H2,1-4H3,(H,29,34). The number of fused-ring (bicyclic) bond motifs is 1. The van der Waals surface area contributed by atoms with Gasteiger partial charge in [-0.1, -0.05) is 48.0 Å². The van der Waals surface area contributed by atoms with Crippen molar-refractivity contribution in [3.05, 3.63) is 100 Å². The van der Waals surface area contributed by atoms with Crippen molar-refractivity contribution >= 4 is 22.6 Å². The van der Waals surface area contributed by atoms with Crippen molar-refractivity contribution in [2.45, 2.75) is 26.8 Å². The molecule has 0 aliphatic heterocycles. The predicted octanol–water partition coefficient (Wildman–Crippen LogP) is 5.24. The minimum atomic E-state index is -0.521. The molecule has 0 saturated heterocycles. The van der Waals surface area contributed by atoms with Gasteiger partial charge in [0.05, 0.1) is 29.2 Å². The van der Waals surface area contributed by atoms with Crippen LogP contribution in [0.3, 0.4) is 0 Å². The quantitative estimate of drug-likeness (QED) is 0.401. The Morgan fingerprint density at radius 3 is 2.49 bits per heavy atom. The Hall–Kier alpha value is -3.97. The van der Waals surface area contributed by atoms with Crippen molar-refractivity contribution in [1.29, 1.82) is 0 Å². The molecule has 0 radical (unpaired) electrons. The highest BCUT2D eigenvalue weighted by Gasteiger charge is 2.27. The number of carbonyl (C=O) groups is 1. The molecular weight excluding hydrogens is 440 g/mol. The Morgan fingerprint density at radius 1 is 1.06 bits per heavy atom. The molecule has 0 bridgehead atoms. The largest absolute Gasteiger partial charge is 0.383 e. The molecule has 1 aromatic heterocycles. The Kier molecular flexibility index (Phi) is 7.27. The molecule has 0 spiro atoms. The second-order valence-electron chi connectivity index (χ2n) is 8.58. The highest BCUT2D eigenvalue weighted by atomic mass is 16.5. The van der Waals surface area contributed by atoms with E-state index < -0.39 is 6.04 Å². The molecule has 0 aliphatic carbocycles. The first-order chi connectivity index (χ1) is 16.9. The maximum atomic E-state index is 13.8. The van der Waals surface area contributed by atoms with Crippen molar-refractivity contribution in [3.63, 3.8) is 0 Å². The first kappa shape index (κ1) is 24.2. The number of benzene rings is 3. The average molecular weight is 471 g/mol. The van der Waals surface area contributed by atoms with E-state index in [2.05, 4.69) is 5.32 Å². The van der Waals surface area contributed by atoms with Gasteiger partial charge in [-0.15, -0.1) is 0 Å². The molecule has 7 nitrogen and oxygen atoms in total. The SMILES string of the molecule is COCCN(C(=O)Nc1ccccc1)C(C)c1nc2ccccc2c(=O)n1-c1ccc(C)cc1C. The number of urea groups is 1. The number of hydrogen-bond donors (Lipinski definition) is 1. The second-order valence-corrected chi connectivity index (χ2v) is 8.58. The van der Waals surface area contributed by atoms with Gasteiger partial charge in [0.15, 0.2) is 0 Å². The lowest BCUT2D eigenvalue weighted by atomic mass is 10.1. The maximum Gasteiger partial charge on any atom is 0.322 e. The van der Waals surface area contributed by atoms with Gasteiger partial charge in [0.25, 0.3) is 5.56 Å². The fourth-order valence-electron chi connectivity index (χ4n) is 4.24. The van der Waals surface area contributed by atoms with Gasteiger partial charge in [-0.25, -0.2) is 9.78 Å². The van der Waals surface area contributed by atoms with Gasteiger partial charge in [0, 0.05) is 19.3 Å². The van der Waals surface area contributed by atoms with Crippen LogP contribution in [0.2, 0.25) is 0 Å². The van der Waals surface area contributed by atoms with E-state index in [9.17, 15) is 9.59 Å². The monoisotopic (exact) mass is 470 g/mol. The number of aromatic nitrogens is 2. The van der Waals surface area contributed by atoms with Gasteiger partial charge in [-0.3, -0.25) is 9.36 Å². The summed E-state index contributed by atoms with van der Waals surface area (Å²) in [5.74, 6) is 0.486. The molecule has 35 heavy (non-hydrogen) atoms. The second kappa shape index (κ2) is 10.5. The zero-order chi connectivity index (χ0) is 24.9. The minimum absolute atomic E-state index is 0.167. The molecule has 1 N–H and O–H groups in total. The molecular formula is C28H30N4O3. The van der Waals surface area contributed by atoms with Crippen molar-refractivity contribution in [2.24, 2.45) is 0 Å². The maximum absolute atomic E-state index is 13.8. The number of amides is 2. The molecule has 3 aromatic carbocycles. The highest BCUT2D eigenvalue weighted by molar-refractivity contribution is 5.89. The van der Waals surface area contributed by atoms with Crippen molar-refractivity contribution in [2.75, 3.05) is 25.6 Å². The smallest absolute Gasteiger partial charge is 0.322 e. The number of hydrogen-bond acceptors (Lipinski definition) is 4. The fourth-order valence-corrected chi connectivity index (χ4v) is 4.24. The number of carbonyl (C=O) groups excluding carboxylic acids is 1. The molecule has 7 heteroatoms. The third-order valence-electron chi connectivity index (χ3n) is 6.06. The molecule has 1 unspecified atom stereocenters. The van der Waals surface area contributed by atoms with E-state index in [1.54, 1.807) is 22.6 Å². The zero-order valence-electron chi connectivity index (χ0n) is 20.5. The van der Waals surface area contributed by atoms with Crippen LogP contribution in [0, 0.1) is 13.8 Å². The first-order valence-corrected chi connectivity index (χ1v) is 11.6. The Balaban J connectivity index is 1.86. The third kappa shape index (κ3) is 5.10. The number of ether oxygens (including phenoxy) is 1. The van der Waals surface area contributed by atoms with E-state index in [4.69, 9.17) is 9.72 Å². The zero-order valence-corrected chi connectivity index (χ0v) is 20.5. The fraction of sp³-hybridized carbons (Fsp3) is 0.250. The number of aryl methyl sites for hydroxylation is 2. The van der Waals surface area contributed by atoms with Crippen LogP contribution in [0.4, 0.5) is 10.5 Å². The summed E-state index contributed by atoms with van der Waals surface area (Å²) >= 11 is 0. The molecule has 0 fully saturated rings. The predicted molar refractivity (Wildman–Crippen MR) is 139 cm³/mol. The molecule has 2 amide bonds. The van der Waals surface area contributed by atoms with E-state index in [1.807, 2.05) is 87.5 Å². The van der Waals surface area contributed by atoms with Crippen LogP contribution in [0.1, 0.15) is 29.9 Å². The summed E-state index contributed by atoms with van der Waals surface area (Å²) in [5.41, 5.74) is 3.91. The van der Waals surface area contributed by atoms with Crippen LogP contribution in [-0.2, 0) is 4.74 Å². The molecule has 4 rings (SSSR count). The Morgan fingerprint density at radius 2 is 1.77 bits per heavy atom. The topological polar surface area (TPSA) is 76.5 Å². The van der Waals surface area contributed by atoms with Gasteiger partial charge in [0.2, 0.25) is 0 Å². The number of rotatable bonds is 7. The average Bonchev–Trinajstić information content (AvgIpc) is 2.85. The van der Waals surface area contributed by atoms with Crippen molar-refractivity contribution in [3.8, 4) is 5.69 Å². The summed E-state index contributed by atoms with van der Waals surface area (Å²) in [4.78, 5) is 33.7. The van der Waals surface area contributed by atoms with Crippen LogP contribution >= 0.6 is 0 Å². The summed E-state index contributed by atoms with van der Waals surface area (Å²) in [7, 11) is 1.60. The Labute approximate surface area is 205 Å². The first-order valence-electron chi connectivity index (χ1n) is 11.6. The summed E-state index contributed by atoms with van der Waals surface area (Å²) < 4.78 is 6.93. The molecule has 1 atom stereocenters. The lowest BCUT2D eigenvalue weighted by Gasteiger charge is -2.30. The third-order valence-corrected chi connectivity index (χ3v) is 6.06. The molecule has 180 valence electrons. The number of para-hydroxylation sites is 2. The van der Waals surface area contributed by atoms with Crippen LogP contribution in [0.25, 0.3) is 16.6 Å². The number of anilines is 1. The number of nitrogens with one attached hydrogen (secondary N) is 1. The number of nitrogens with zero attached hydrogens (tertiary/aromatic N) is 3. The van der Waals surface area contributed by atoms with Crippen molar-refractivity contribution < 1.29 is 9.53 Å². The summed E-state index contributed by atoms with van der Waals surface area (Å²) in [6.45, 7) is 6.54. The lowest BCUT2D eigenvalue weighted by Crippen LogP contribution is -2.41. The van der Waals surface area contributed by atoms with E-state index in [1.165, 1.54) is 0 Å². The lowest BCUT2D eigenvalue weighted by molar-refractivity contribution is 0.137. The van der Waals surface area contributed by atoms with E-state index in [0.29, 0.717) is 35.6 Å². The normalized spacial score (nSPS) is 11.9. The molecule has 0 saturated carbocycles. The molecule has 0 aliphatic rings. The van der Waals surface area contributed by atoms with Crippen LogP contribution in [0.15, 0.2) is 77.6 Å². The van der Waals surface area contributed by atoms with E-state index in [-0.39, 0.29) is 11.6 Å². The highest BCUT2D eigenvalue weighted by Crippen LogP contribution is 2.25. The van der Waals surface area contributed by atoms with Gasteiger partial charge < -0.3 is 15.0 Å². The van der Waals surface area contributed by atoms with Crippen molar-refractivity contribution in [1.82, 2.24) is 14.5 Å². The molecule has 4 aromatic rings.